The second kappa shape index (κ2) is 9.20. The van der Waals surface area contributed by atoms with Gasteiger partial charge in [-0.3, -0.25) is 9.78 Å². The van der Waals surface area contributed by atoms with E-state index in [1.54, 1.807) is 30.3 Å². The van der Waals surface area contributed by atoms with Crippen LogP contribution in [0.2, 0.25) is 0 Å². The van der Waals surface area contributed by atoms with Gasteiger partial charge in [-0.05, 0) is 48.4 Å². The molecule has 0 aliphatic carbocycles. The van der Waals surface area contributed by atoms with Gasteiger partial charge < -0.3 is 14.8 Å². The number of nitrogens with one attached hydrogen (secondary N) is 1. The van der Waals surface area contributed by atoms with Crippen LogP contribution in [0.4, 0.5) is 13.2 Å². The molecule has 1 amide bonds. The highest BCUT2D eigenvalue weighted by Crippen LogP contribution is 2.36. The topological polar surface area (TPSA) is 113 Å². The van der Waals surface area contributed by atoms with E-state index in [0.717, 1.165) is 16.4 Å². The Kier molecular flexibility index (Phi) is 6.16. The van der Waals surface area contributed by atoms with Gasteiger partial charge >= 0.3 is 6.18 Å². The van der Waals surface area contributed by atoms with Crippen molar-refractivity contribution in [2.75, 3.05) is 6.54 Å². The zero-order valence-electron chi connectivity index (χ0n) is 19.1. The molecule has 1 atom stereocenters. The summed E-state index contributed by atoms with van der Waals surface area (Å²) in [5, 5.41) is 13.2. The van der Waals surface area contributed by atoms with Crippen LogP contribution in [0.15, 0.2) is 76.4 Å². The van der Waals surface area contributed by atoms with E-state index in [9.17, 15) is 31.5 Å². The van der Waals surface area contributed by atoms with Crippen molar-refractivity contribution in [2.45, 2.75) is 30.3 Å². The summed E-state index contributed by atoms with van der Waals surface area (Å²) in [6.45, 7) is 0.189. The molecule has 8 nitrogen and oxygen atoms in total. The molecule has 1 fully saturated rings. The van der Waals surface area contributed by atoms with Crippen LogP contribution >= 0.6 is 0 Å². The Morgan fingerprint density at radius 1 is 1.14 bits per heavy atom. The Balaban J connectivity index is 1.27. The number of para-hydroxylation sites is 1. The predicted molar refractivity (Wildman–Crippen MR) is 127 cm³/mol. The maximum atomic E-state index is 13.0. The second-order valence-corrected chi connectivity index (χ2v) is 10.3. The summed E-state index contributed by atoms with van der Waals surface area (Å²) in [5.41, 5.74) is 0.317. The fraction of sp³-hybridized carbons (Fsp3) is 0.200. The number of carbonyl (C=O) groups is 1. The minimum absolute atomic E-state index is 0.0186. The Morgan fingerprint density at radius 2 is 1.92 bits per heavy atom. The SMILES string of the molecule is O=C(NCc1ccnc(-c2ccc(C(F)(F)F)cc2O)c1)C1CCN1S(=O)(=O)c1cc2ccccc2o1. The summed E-state index contributed by atoms with van der Waals surface area (Å²) in [5.74, 6) is -1.08. The minimum Gasteiger partial charge on any atom is -0.507 e. The van der Waals surface area contributed by atoms with Crippen LogP contribution < -0.4 is 5.32 Å². The number of pyridine rings is 1. The van der Waals surface area contributed by atoms with E-state index in [1.165, 1.54) is 18.3 Å². The Labute approximate surface area is 209 Å². The van der Waals surface area contributed by atoms with Crippen LogP contribution in [0.5, 0.6) is 5.75 Å². The molecule has 1 aliphatic rings. The molecule has 0 bridgehead atoms. The van der Waals surface area contributed by atoms with Crippen molar-refractivity contribution in [2.24, 2.45) is 0 Å². The van der Waals surface area contributed by atoms with E-state index >= 15 is 0 Å². The minimum atomic E-state index is -4.59. The summed E-state index contributed by atoms with van der Waals surface area (Å²) in [4.78, 5) is 16.9. The molecule has 2 N–H and O–H groups in total. The summed E-state index contributed by atoms with van der Waals surface area (Å²) in [6, 6.07) is 13.1. The predicted octanol–water partition coefficient (Wildman–Crippen LogP) is 4.30. The number of furan rings is 1. The highest BCUT2D eigenvalue weighted by Gasteiger charge is 2.44. The third kappa shape index (κ3) is 4.77. The number of aromatic hydroxyl groups is 1. The fourth-order valence-corrected chi connectivity index (χ4v) is 5.66. The first-order chi connectivity index (χ1) is 17.5. The lowest BCUT2D eigenvalue weighted by Crippen LogP contribution is -2.57. The Morgan fingerprint density at radius 3 is 2.59 bits per heavy atom. The Hall–Kier alpha value is -3.90. The molecule has 2 aromatic heterocycles. The molecule has 1 saturated heterocycles. The number of carbonyl (C=O) groups excluding carboxylic acids is 1. The molecule has 5 rings (SSSR count). The van der Waals surface area contributed by atoms with Crippen molar-refractivity contribution in [3.63, 3.8) is 0 Å². The first-order valence-electron chi connectivity index (χ1n) is 11.2. The number of aromatic nitrogens is 1. The molecule has 0 saturated carbocycles. The first kappa shape index (κ1) is 24.8. The maximum Gasteiger partial charge on any atom is 0.416 e. The smallest absolute Gasteiger partial charge is 0.416 e. The summed E-state index contributed by atoms with van der Waals surface area (Å²) in [7, 11) is -4.01. The summed E-state index contributed by atoms with van der Waals surface area (Å²) in [6.07, 6.45) is -2.86. The van der Waals surface area contributed by atoms with Crippen molar-refractivity contribution >= 4 is 26.9 Å². The number of halogens is 3. The number of phenolic OH excluding ortho intramolecular Hbond substituents is 1. The molecule has 37 heavy (non-hydrogen) atoms. The molecule has 1 aliphatic heterocycles. The van der Waals surface area contributed by atoms with E-state index < -0.39 is 39.5 Å². The second-order valence-electron chi connectivity index (χ2n) is 8.52. The van der Waals surface area contributed by atoms with Crippen molar-refractivity contribution in [3.8, 4) is 17.0 Å². The standard InChI is InChI=1S/C25H20F3N3O5S/c26-25(27,28)17-5-6-18(21(32)13-17)19-11-15(7-9-29-19)14-30-24(33)20-8-10-31(20)37(34,35)23-12-16-3-1-2-4-22(16)36-23/h1-7,9,11-13,20,32H,8,10,14H2,(H,30,33). The number of benzene rings is 2. The van der Waals surface area contributed by atoms with Gasteiger partial charge in [0.05, 0.1) is 11.3 Å². The molecule has 4 aromatic rings. The van der Waals surface area contributed by atoms with Crippen molar-refractivity contribution in [1.29, 1.82) is 0 Å². The van der Waals surface area contributed by atoms with Gasteiger partial charge in [-0.1, -0.05) is 18.2 Å². The quantitative estimate of drug-likeness (QED) is 0.384. The van der Waals surface area contributed by atoms with Crippen molar-refractivity contribution in [3.05, 3.63) is 78.0 Å². The van der Waals surface area contributed by atoms with Crippen LogP contribution in [0.3, 0.4) is 0 Å². The van der Waals surface area contributed by atoms with Gasteiger partial charge in [-0.25, -0.2) is 8.42 Å². The number of sulfonamides is 1. The first-order valence-corrected chi connectivity index (χ1v) is 12.6. The molecule has 0 radical (unpaired) electrons. The van der Waals surface area contributed by atoms with Crippen molar-refractivity contribution < 1.29 is 35.9 Å². The van der Waals surface area contributed by atoms with E-state index in [1.807, 2.05) is 0 Å². The van der Waals surface area contributed by atoms with Gasteiger partial charge in [0, 0.05) is 36.3 Å². The molecule has 3 heterocycles. The molecule has 2 aromatic carbocycles. The highest BCUT2D eigenvalue weighted by atomic mass is 32.2. The number of rotatable bonds is 6. The van der Waals surface area contributed by atoms with Gasteiger partial charge in [0.2, 0.25) is 11.0 Å². The third-order valence-corrected chi connectivity index (χ3v) is 7.90. The Bertz CT molecular complexity index is 1570. The molecule has 12 heteroatoms. The van der Waals surface area contributed by atoms with Crippen LogP contribution in [-0.2, 0) is 27.5 Å². The van der Waals surface area contributed by atoms with Crippen molar-refractivity contribution in [1.82, 2.24) is 14.6 Å². The van der Waals surface area contributed by atoms with Crippen LogP contribution in [0.25, 0.3) is 22.2 Å². The summed E-state index contributed by atoms with van der Waals surface area (Å²) < 4.78 is 71.3. The number of fused-ring (bicyclic) bond motifs is 1. The maximum absolute atomic E-state index is 13.0. The van der Waals surface area contributed by atoms with Crippen LogP contribution in [0.1, 0.15) is 17.5 Å². The molecule has 1 unspecified atom stereocenters. The number of phenols is 1. The zero-order valence-corrected chi connectivity index (χ0v) is 19.9. The van der Waals surface area contributed by atoms with Crippen LogP contribution in [-0.4, -0.2) is 41.3 Å². The third-order valence-electron chi connectivity index (χ3n) is 6.13. The lowest BCUT2D eigenvalue weighted by Gasteiger charge is -2.37. The van der Waals surface area contributed by atoms with Crippen LogP contribution in [0, 0.1) is 0 Å². The number of hydrogen-bond acceptors (Lipinski definition) is 6. The largest absolute Gasteiger partial charge is 0.507 e. The molecule has 192 valence electrons. The molecular weight excluding hydrogens is 511 g/mol. The van der Waals surface area contributed by atoms with E-state index in [0.29, 0.717) is 29.0 Å². The van der Waals surface area contributed by atoms with E-state index in [-0.39, 0.29) is 29.4 Å². The highest BCUT2D eigenvalue weighted by molar-refractivity contribution is 7.89. The van der Waals surface area contributed by atoms with Gasteiger partial charge in [0.1, 0.15) is 17.4 Å². The number of alkyl halides is 3. The zero-order chi connectivity index (χ0) is 26.4. The number of hydrogen-bond donors (Lipinski definition) is 2. The molecular formula is C25H20F3N3O5S. The van der Waals surface area contributed by atoms with Gasteiger partial charge in [0.25, 0.3) is 10.0 Å². The monoisotopic (exact) mass is 531 g/mol. The van der Waals surface area contributed by atoms with E-state index in [2.05, 4.69) is 10.3 Å². The average molecular weight is 532 g/mol. The normalized spacial score (nSPS) is 16.5. The lowest BCUT2D eigenvalue weighted by atomic mass is 10.0. The van der Waals surface area contributed by atoms with Gasteiger partial charge in [-0.15, -0.1) is 0 Å². The number of nitrogens with zero attached hydrogens (tertiary/aromatic N) is 2. The lowest BCUT2D eigenvalue weighted by molar-refractivity contribution is -0.137. The number of amides is 1. The fourth-order valence-electron chi connectivity index (χ4n) is 4.08. The average Bonchev–Trinajstić information content (AvgIpc) is 3.27. The van der Waals surface area contributed by atoms with E-state index in [4.69, 9.17) is 4.42 Å². The van der Waals surface area contributed by atoms with Gasteiger partial charge in [-0.2, -0.15) is 17.5 Å². The van der Waals surface area contributed by atoms with Gasteiger partial charge in [0.15, 0.2) is 0 Å². The summed E-state index contributed by atoms with van der Waals surface area (Å²) >= 11 is 0. The molecule has 0 spiro atoms.